The van der Waals surface area contributed by atoms with Crippen molar-refractivity contribution in [1.29, 1.82) is 0 Å². The van der Waals surface area contributed by atoms with Crippen LogP contribution in [0, 0.1) is 5.92 Å². The summed E-state index contributed by atoms with van der Waals surface area (Å²) in [6.45, 7) is 7.97. The Hall–Kier alpha value is -1.80. The Balaban J connectivity index is 1.46. The molecule has 2 aliphatic heterocycles. The van der Waals surface area contributed by atoms with Crippen LogP contribution < -0.4 is 5.32 Å². The lowest BCUT2D eigenvalue weighted by atomic mass is 9.81. The van der Waals surface area contributed by atoms with Crippen LogP contribution in [0.15, 0.2) is 60.7 Å². The van der Waals surface area contributed by atoms with Gasteiger partial charge in [0.2, 0.25) is 0 Å². The molecular formula is C32H45NO5. The lowest BCUT2D eigenvalue weighted by Gasteiger charge is -2.36. The summed E-state index contributed by atoms with van der Waals surface area (Å²) in [5.41, 5.74) is 2.41. The molecule has 5 rings (SSSR count). The SMILES string of the molecule is CC1(C)O[C@@H]([C@H](O)[C@H]2COC(C)(C)O2)[C@@H]([C@H](CC2CCCCC2)NC(c2ccccc2)c2ccccc2)O1. The average Bonchev–Trinajstić information content (AvgIpc) is 3.45. The van der Waals surface area contributed by atoms with Gasteiger partial charge in [-0.15, -0.1) is 0 Å². The molecule has 1 aliphatic carbocycles. The number of nitrogens with one attached hydrogen (secondary N) is 1. The predicted molar refractivity (Wildman–Crippen MR) is 148 cm³/mol. The Morgan fingerprint density at radius 1 is 0.789 bits per heavy atom. The fraction of sp³-hybridized carbons (Fsp3) is 0.625. The van der Waals surface area contributed by atoms with Crippen LogP contribution in [0.1, 0.15) is 83.4 Å². The van der Waals surface area contributed by atoms with Crippen LogP contribution in [0.25, 0.3) is 0 Å². The van der Waals surface area contributed by atoms with Crippen molar-refractivity contribution in [3.8, 4) is 0 Å². The normalized spacial score (nSPS) is 28.9. The molecule has 208 valence electrons. The molecule has 2 N–H and O–H groups in total. The van der Waals surface area contributed by atoms with Crippen LogP contribution in [0.5, 0.6) is 0 Å². The molecule has 2 aromatic rings. The number of benzene rings is 2. The molecule has 1 saturated carbocycles. The zero-order valence-electron chi connectivity index (χ0n) is 23.3. The van der Waals surface area contributed by atoms with E-state index in [4.69, 9.17) is 18.9 Å². The minimum absolute atomic E-state index is 0.0129. The summed E-state index contributed by atoms with van der Waals surface area (Å²) in [7, 11) is 0. The minimum atomic E-state index is -0.869. The number of aliphatic hydroxyl groups is 1. The number of hydrogen-bond acceptors (Lipinski definition) is 6. The van der Waals surface area contributed by atoms with Gasteiger partial charge in [0.15, 0.2) is 11.6 Å². The van der Waals surface area contributed by atoms with E-state index in [1.54, 1.807) is 0 Å². The maximum atomic E-state index is 11.6. The third-order valence-corrected chi connectivity index (χ3v) is 8.27. The lowest BCUT2D eigenvalue weighted by molar-refractivity contribution is -0.178. The van der Waals surface area contributed by atoms with Crippen molar-refractivity contribution >= 4 is 0 Å². The quantitative estimate of drug-likeness (QED) is 0.437. The van der Waals surface area contributed by atoms with Crippen molar-refractivity contribution in [2.24, 2.45) is 5.92 Å². The summed E-state index contributed by atoms with van der Waals surface area (Å²) in [6.07, 6.45) is 5.09. The van der Waals surface area contributed by atoms with Gasteiger partial charge in [-0.05, 0) is 51.2 Å². The van der Waals surface area contributed by atoms with Gasteiger partial charge in [-0.25, -0.2) is 0 Å². The van der Waals surface area contributed by atoms with Gasteiger partial charge < -0.3 is 29.4 Å². The zero-order valence-corrected chi connectivity index (χ0v) is 23.3. The summed E-state index contributed by atoms with van der Waals surface area (Å²) in [4.78, 5) is 0. The number of aliphatic hydroxyl groups excluding tert-OH is 1. The molecular weight excluding hydrogens is 478 g/mol. The topological polar surface area (TPSA) is 69.2 Å². The molecule has 5 atom stereocenters. The molecule has 2 heterocycles. The second kappa shape index (κ2) is 11.7. The molecule has 0 amide bonds. The van der Waals surface area contributed by atoms with Crippen LogP contribution >= 0.6 is 0 Å². The van der Waals surface area contributed by atoms with E-state index in [9.17, 15) is 5.11 Å². The van der Waals surface area contributed by atoms with Gasteiger partial charge in [0.1, 0.15) is 24.4 Å². The fourth-order valence-corrected chi connectivity index (χ4v) is 6.46. The first kappa shape index (κ1) is 27.8. The van der Waals surface area contributed by atoms with Gasteiger partial charge in [-0.2, -0.15) is 0 Å². The lowest BCUT2D eigenvalue weighted by Crippen LogP contribution is -2.53. The van der Waals surface area contributed by atoms with Gasteiger partial charge in [0, 0.05) is 6.04 Å². The summed E-state index contributed by atoms with van der Waals surface area (Å²) in [5.74, 6) is -0.919. The number of ether oxygens (including phenoxy) is 4. The summed E-state index contributed by atoms with van der Waals surface area (Å²) < 4.78 is 24.9. The average molecular weight is 524 g/mol. The Kier molecular flexibility index (Phi) is 8.58. The highest BCUT2D eigenvalue weighted by molar-refractivity contribution is 5.32. The van der Waals surface area contributed by atoms with Crippen molar-refractivity contribution < 1.29 is 24.1 Å². The Morgan fingerprint density at radius 2 is 1.37 bits per heavy atom. The Labute approximate surface area is 228 Å². The Morgan fingerprint density at radius 3 is 1.92 bits per heavy atom. The second-order valence-corrected chi connectivity index (χ2v) is 12.2. The van der Waals surface area contributed by atoms with Gasteiger partial charge in [0.05, 0.1) is 12.6 Å². The zero-order chi connectivity index (χ0) is 26.8. The summed E-state index contributed by atoms with van der Waals surface area (Å²) >= 11 is 0. The first-order chi connectivity index (χ1) is 18.2. The van der Waals surface area contributed by atoms with Crippen molar-refractivity contribution in [2.75, 3.05) is 6.61 Å². The van der Waals surface area contributed by atoms with Crippen LogP contribution in [0.2, 0.25) is 0 Å². The standard InChI is InChI=1S/C32H45NO5/c1-31(2)35-21-26(36-31)28(34)30-29(37-32(3,4)38-30)25(20-22-14-8-5-9-15-22)33-27(23-16-10-6-11-17-23)24-18-12-7-13-19-24/h6-7,10-13,16-19,22,25-30,33-34H,5,8-9,14-15,20-21H2,1-4H3/t25-,26+,28+,29+,30-/m0/s1. The largest absolute Gasteiger partial charge is 0.387 e. The third kappa shape index (κ3) is 6.67. The number of rotatable bonds is 9. The van der Waals surface area contributed by atoms with E-state index < -0.39 is 29.9 Å². The van der Waals surface area contributed by atoms with Crippen LogP contribution in [-0.4, -0.2) is 53.7 Å². The van der Waals surface area contributed by atoms with Crippen molar-refractivity contribution in [3.05, 3.63) is 71.8 Å². The molecule has 3 aliphatic rings. The highest BCUT2D eigenvalue weighted by Gasteiger charge is 2.52. The predicted octanol–water partition coefficient (Wildman–Crippen LogP) is 5.74. The van der Waals surface area contributed by atoms with Crippen LogP contribution in [0.3, 0.4) is 0 Å². The van der Waals surface area contributed by atoms with E-state index in [-0.39, 0.29) is 18.2 Å². The molecule has 0 spiro atoms. The van der Waals surface area contributed by atoms with Crippen molar-refractivity contribution in [2.45, 2.75) is 114 Å². The highest BCUT2D eigenvalue weighted by atomic mass is 16.8. The maximum Gasteiger partial charge on any atom is 0.163 e. The molecule has 0 bridgehead atoms. The molecule has 38 heavy (non-hydrogen) atoms. The maximum absolute atomic E-state index is 11.6. The van der Waals surface area contributed by atoms with Crippen molar-refractivity contribution in [3.63, 3.8) is 0 Å². The molecule has 2 saturated heterocycles. The van der Waals surface area contributed by atoms with E-state index in [0.717, 1.165) is 6.42 Å². The van der Waals surface area contributed by atoms with E-state index in [0.29, 0.717) is 12.5 Å². The third-order valence-electron chi connectivity index (χ3n) is 8.27. The molecule has 6 heteroatoms. The first-order valence-electron chi connectivity index (χ1n) is 14.4. The second-order valence-electron chi connectivity index (χ2n) is 12.2. The summed E-state index contributed by atoms with van der Waals surface area (Å²) in [6, 6.07) is 21.1. The van der Waals surface area contributed by atoms with E-state index in [1.807, 2.05) is 27.7 Å². The smallest absolute Gasteiger partial charge is 0.163 e. The first-order valence-corrected chi connectivity index (χ1v) is 14.4. The molecule has 0 aromatic heterocycles. The monoisotopic (exact) mass is 523 g/mol. The number of hydrogen-bond donors (Lipinski definition) is 2. The van der Waals surface area contributed by atoms with E-state index in [2.05, 4.69) is 66.0 Å². The van der Waals surface area contributed by atoms with Crippen LogP contribution in [0.4, 0.5) is 0 Å². The fourth-order valence-electron chi connectivity index (χ4n) is 6.46. The molecule has 0 unspecified atom stereocenters. The van der Waals surface area contributed by atoms with Gasteiger partial charge in [0.25, 0.3) is 0 Å². The highest BCUT2D eigenvalue weighted by Crippen LogP contribution is 2.39. The van der Waals surface area contributed by atoms with Gasteiger partial charge in [-0.1, -0.05) is 92.8 Å². The Bertz CT molecular complexity index is 968. The molecule has 2 aromatic carbocycles. The van der Waals surface area contributed by atoms with E-state index in [1.165, 1.54) is 43.2 Å². The molecule has 6 nitrogen and oxygen atoms in total. The summed E-state index contributed by atoms with van der Waals surface area (Å²) in [5, 5.41) is 15.6. The van der Waals surface area contributed by atoms with E-state index >= 15 is 0 Å². The van der Waals surface area contributed by atoms with Crippen molar-refractivity contribution in [1.82, 2.24) is 5.32 Å². The minimum Gasteiger partial charge on any atom is -0.387 e. The van der Waals surface area contributed by atoms with Gasteiger partial charge >= 0.3 is 0 Å². The molecule has 0 radical (unpaired) electrons. The van der Waals surface area contributed by atoms with Gasteiger partial charge in [-0.3, -0.25) is 0 Å². The molecule has 3 fully saturated rings. The van der Waals surface area contributed by atoms with Crippen LogP contribution in [-0.2, 0) is 18.9 Å².